The molecule has 0 saturated heterocycles. The van der Waals surface area contributed by atoms with E-state index >= 15 is 0 Å². The van der Waals surface area contributed by atoms with Crippen LogP contribution in [0.2, 0.25) is 0 Å². The fourth-order valence-corrected chi connectivity index (χ4v) is 6.35. The Balaban J connectivity index is 1.66. The summed E-state index contributed by atoms with van der Waals surface area (Å²) in [6.45, 7) is 3.99. The molecule has 1 fully saturated rings. The van der Waals surface area contributed by atoms with Crippen molar-refractivity contribution in [1.82, 2.24) is 9.88 Å². The number of carbonyl (C=O) groups excluding carboxylic acids is 1. The number of carboxylic acids is 1. The van der Waals surface area contributed by atoms with Gasteiger partial charge in [-0.1, -0.05) is 62.1 Å². The van der Waals surface area contributed by atoms with Gasteiger partial charge in [-0.15, -0.1) is 0 Å². The van der Waals surface area contributed by atoms with Crippen LogP contribution in [0, 0.1) is 12.3 Å². The number of nitrogens with one attached hydrogen (secondary N) is 2. The third kappa shape index (κ3) is 5.49. The van der Waals surface area contributed by atoms with Crippen LogP contribution in [-0.4, -0.2) is 45.8 Å². The number of H-pyrrole nitrogens is 1. The first-order valence-electron chi connectivity index (χ1n) is 14.4. The Morgan fingerprint density at radius 3 is 2.41 bits per heavy atom. The summed E-state index contributed by atoms with van der Waals surface area (Å²) in [5, 5.41) is 19.0. The van der Waals surface area contributed by atoms with Gasteiger partial charge in [0.1, 0.15) is 5.84 Å². The third-order valence-electron chi connectivity index (χ3n) is 8.62. The van der Waals surface area contributed by atoms with Crippen LogP contribution in [0.1, 0.15) is 94.3 Å². The highest BCUT2D eigenvalue weighted by molar-refractivity contribution is 6.01. The minimum atomic E-state index is -0.998. The number of amidine groups is 1. The maximum Gasteiger partial charge on any atom is 0.336 e. The van der Waals surface area contributed by atoms with Gasteiger partial charge in [0.15, 0.2) is 0 Å². The predicted molar refractivity (Wildman–Crippen MR) is 164 cm³/mol. The van der Waals surface area contributed by atoms with E-state index in [4.69, 9.17) is 11.1 Å². The third-order valence-corrected chi connectivity index (χ3v) is 8.62. The van der Waals surface area contributed by atoms with Crippen LogP contribution in [0.5, 0.6) is 0 Å². The lowest BCUT2D eigenvalue weighted by Crippen LogP contribution is -2.38. The fourth-order valence-electron chi connectivity index (χ4n) is 6.35. The van der Waals surface area contributed by atoms with Gasteiger partial charge < -0.3 is 20.7 Å². The second-order valence-electron chi connectivity index (χ2n) is 11.2. The van der Waals surface area contributed by atoms with Gasteiger partial charge in [-0.05, 0) is 72.7 Å². The Bertz CT molecular complexity index is 1630. The molecule has 1 aliphatic carbocycles. The van der Waals surface area contributed by atoms with Crippen LogP contribution in [0.4, 0.5) is 0 Å². The summed E-state index contributed by atoms with van der Waals surface area (Å²) < 4.78 is 0. The molecule has 0 aliphatic heterocycles. The molecule has 7 nitrogen and oxygen atoms in total. The molecule has 4 aromatic rings. The second kappa shape index (κ2) is 11.6. The highest BCUT2D eigenvalue weighted by Gasteiger charge is 2.27. The number of hydrogen-bond acceptors (Lipinski definition) is 3. The monoisotopic (exact) mass is 550 g/mol. The number of aryl methyl sites for hydroxylation is 1. The van der Waals surface area contributed by atoms with E-state index in [1.807, 2.05) is 73.6 Å². The first kappa shape index (κ1) is 28.1. The zero-order valence-corrected chi connectivity index (χ0v) is 24.0. The summed E-state index contributed by atoms with van der Waals surface area (Å²) >= 11 is 0. The molecule has 5 N–H and O–H groups in total. The largest absolute Gasteiger partial charge is 0.478 e. The zero-order chi connectivity index (χ0) is 29.3. The van der Waals surface area contributed by atoms with Crippen LogP contribution in [0.3, 0.4) is 0 Å². The molecule has 7 heteroatoms. The van der Waals surface area contributed by atoms with Crippen LogP contribution in [0.15, 0.2) is 60.8 Å². The second-order valence-corrected chi connectivity index (χ2v) is 11.2. The normalized spacial score (nSPS) is 14.6. The summed E-state index contributed by atoms with van der Waals surface area (Å²) in [6, 6.07) is 17.2. The van der Waals surface area contributed by atoms with Crippen LogP contribution < -0.4 is 5.73 Å². The van der Waals surface area contributed by atoms with Gasteiger partial charge in [0.05, 0.1) is 5.56 Å². The Hall–Kier alpha value is -4.39. The van der Waals surface area contributed by atoms with E-state index in [1.54, 1.807) is 6.07 Å². The van der Waals surface area contributed by atoms with E-state index in [-0.39, 0.29) is 29.3 Å². The minimum absolute atomic E-state index is 0.0106. The minimum Gasteiger partial charge on any atom is -0.478 e. The number of aromatic carboxylic acids is 1. The van der Waals surface area contributed by atoms with E-state index in [0.717, 1.165) is 65.3 Å². The molecule has 0 radical (unpaired) electrons. The summed E-state index contributed by atoms with van der Waals surface area (Å²) in [6.07, 6.45) is 8.25. The first-order valence-corrected chi connectivity index (χ1v) is 14.4. The molecule has 1 unspecified atom stereocenters. The number of aromatic nitrogens is 1. The lowest BCUT2D eigenvalue weighted by molar-refractivity contribution is 0.0688. The standard InChI is InChI=1S/C34H38N4O3/c1-4-24(30-19-37-31-18-21(32(35)36)11-15-27(30)31)25-14-12-22(33(39)38(3)23-8-6-5-7-9-23)17-28(25)26-13-10-20(2)16-29(26)34(40)41/h10-19,23-24,37H,4-9H2,1-3H3,(H3,35,36)(H,40,41). The Kier molecular flexibility index (Phi) is 7.97. The van der Waals surface area contributed by atoms with Crippen molar-refractivity contribution in [3.63, 3.8) is 0 Å². The number of nitrogens with zero attached hydrogens (tertiary/aromatic N) is 1. The Labute approximate surface area is 240 Å². The van der Waals surface area contributed by atoms with Crippen LogP contribution in [-0.2, 0) is 0 Å². The lowest BCUT2D eigenvalue weighted by atomic mass is 9.82. The SMILES string of the molecule is CCC(c1ccc(C(=O)N(C)C2CCCCC2)cc1-c1ccc(C)cc1C(=O)O)c1c[nH]c2cc(C(=N)N)ccc12. The van der Waals surface area contributed by atoms with Gasteiger partial charge in [-0.25, -0.2) is 4.79 Å². The summed E-state index contributed by atoms with van der Waals surface area (Å²) in [7, 11) is 1.89. The van der Waals surface area contributed by atoms with Gasteiger partial charge in [0.25, 0.3) is 5.91 Å². The number of nitrogens with two attached hydrogens (primary N) is 1. The lowest BCUT2D eigenvalue weighted by Gasteiger charge is -2.31. The molecule has 1 saturated carbocycles. The van der Waals surface area contributed by atoms with Crippen molar-refractivity contribution in [3.8, 4) is 11.1 Å². The number of fused-ring (bicyclic) bond motifs is 1. The predicted octanol–water partition coefficient (Wildman–Crippen LogP) is 7.07. The maximum atomic E-state index is 13.7. The summed E-state index contributed by atoms with van der Waals surface area (Å²) in [5.74, 6) is -1.09. The van der Waals surface area contributed by atoms with Gasteiger partial charge in [0, 0.05) is 47.2 Å². The van der Waals surface area contributed by atoms with Gasteiger partial charge in [0.2, 0.25) is 0 Å². The molecular weight excluding hydrogens is 512 g/mol. The highest BCUT2D eigenvalue weighted by Crippen LogP contribution is 2.40. The van der Waals surface area contributed by atoms with Crippen molar-refractivity contribution in [3.05, 3.63) is 94.2 Å². The molecule has 1 aromatic heterocycles. The number of rotatable bonds is 8. The number of hydrogen-bond donors (Lipinski definition) is 4. The molecule has 3 aromatic carbocycles. The zero-order valence-electron chi connectivity index (χ0n) is 24.0. The number of carbonyl (C=O) groups is 2. The van der Waals surface area contributed by atoms with Crippen molar-refractivity contribution in [1.29, 1.82) is 5.41 Å². The molecule has 212 valence electrons. The van der Waals surface area contributed by atoms with Crippen molar-refractivity contribution in [2.75, 3.05) is 7.05 Å². The molecule has 0 spiro atoms. The Morgan fingerprint density at radius 1 is 1.00 bits per heavy atom. The summed E-state index contributed by atoms with van der Waals surface area (Å²) in [4.78, 5) is 31.3. The smallest absolute Gasteiger partial charge is 0.336 e. The first-order chi connectivity index (χ1) is 19.7. The quantitative estimate of drug-likeness (QED) is 0.138. The molecule has 1 amide bonds. The summed E-state index contributed by atoms with van der Waals surface area (Å²) in [5.41, 5.74) is 12.3. The van der Waals surface area contributed by atoms with Crippen molar-refractivity contribution >= 4 is 28.6 Å². The number of benzene rings is 3. The number of carboxylic acid groups (broad SMARTS) is 1. The maximum absolute atomic E-state index is 13.7. The van der Waals surface area contributed by atoms with Crippen LogP contribution in [0.25, 0.3) is 22.0 Å². The van der Waals surface area contributed by atoms with E-state index in [9.17, 15) is 14.7 Å². The molecule has 41 heavy (non-hydrogen) atoms. The Morgan fingerprint density at radius 2 is 1.73 bits per heavy atom. The molecular formula is C34H38N4O3. The molecule has 5 rings (SSSR count). The molecule has 1 aliphatic rings. The van der Waals surface area contributed by atoms with Gasteiger partial charge in [-0.2, -0.15) is 0 Å². The van der Waals surface area contributed by atoms with Gasteiger partial charge >= 0.3 is 5.97 Å². The number of amides is 1. The van der Waals surface area contributed by atoms with Crippen molar-refractivity contribution < 1.29 is 14.7 Å². The average Bonchev–Trinajstić information content (AvgIpc) is 3.40. The number of nitrogen functional groups attached to an aromatic ring is 1. The topological polar surface area (TPSA) is 123 Å². The number of aromatic amines is 1. The van der Waals surface area contributed by atoms with E-state index in [1.165, 1.54) is 6.42 Å². The van der Waals surface area contributed by atoms with E-state index in [0.29, 0.717) is 16.7 Å². The highest BCUT2D eigenvalue weighted by atomic mass is 16.4. The fraction of sp³-hybridized carbons (Fsp3) is 0.324. The van der Waals surface area contributed by atoms with Crippen LogP contribution >= 0.6 is 0 Å². The van der Waals surface area contributed by atoms with Crippen molar-refractivity contribution in [2.45, 2.75) is 64.3 Å². The van der Waals surface area contributed by atoms with E-state index < -0.39 is 5.97 Å². The van der Waals surface area contributed by atoms with Crippen molar-refractivity contribution in [2.24, 2.45) is 5.73 Å². The van der Waals surface area contributed by atoms with Gasteiger partial charge in [-0.3, -0.25) is 10.2 Å². The molecule has 0 bridgehead atoms. The molecule has 1 atom stereocenters. The molecule has 1 heterocycles. The average molecular weight is 551 g/mol. The van der Waals surface area contributed by atoms with E-state index in [2.05, 4.69) is 11.9 Å².